The number of hydrogen-bond acceptors (Lipinski definition) is 5. The van der Waals surface area contributed by atoms with Crippen LogP contribution in [0.3, 0.4) is 0 Å². The molecule has 0 amide bonds. The van der Waals surface area contributed by atoms with E-state index in [1.165, 1.54) is 12.8 Å². The van der Waals surface area contributed by atoms with Gasteiger partial charge in [-0.1, -0.05) is 0 Å². The largest absolute Gasteiger partial charge is 0.432 e. The second-order valence-corrected chi connectivity index (χ2v) is 6.43. The number of oxazole rings is 1. The van der Waals surface area contributed by atoms with Crippen LogP contribution in [-0.2, 0) is 6.54 Å². The van der Waals surface area contributed by atoms with Gasteiger partial charge in [0.2, 0.25) is 0 Å². The van der Waals surface area contributed by atoms with Gasteiger partial charge in [0.1, 0.15) is 6.26 Å². The molecule has 0 aromatic carbocycles. The quantitative estimate of drug-likeness (QED) is 0.892. The first kappa shape index (κ1) is 12.9. The molecule has 2 fully saturated rings. The third kappa shape index (κ3) is 2.92. The maximum atomic E-state index is 5.64. The standard InChI is InChI=1S/C14H24N4O/c1-14(2)10-18(7-6-17(14)3)13-16-12(9-19-13)8-15-11-4-5-11/h9,11,15H,4-8,10H2,1-3H3. The van der Waals surface area contributed by atoms with Gasteiger partial charge in [-0.3, -0.25) is 4.90 Å². The molecule has 2 heterocycles. The molecule has 0 atom stereocenters. The molecule has 106 valence electrons. The fraction of sp³-hybridized carbons (Fsp3) is 0.786. The number of nitrogens with zero attached hydrogens (tertiary/aromatic N) is 3. The predicted molar refractivity (Wildman–Crippen MR) is 75.3 cm³/mol. The Kier molecular flexibility index (Phi) is 3.27. The number of anilines is 1. The van der Waals surface area contributed by atoms with E-state index in [0.717, 1.165) is 37.9 Å². The van der Waals surface area contributed by atoms with Crippen molar-refractivity contribution in [1.82, 2.24) is 15.2 Å². The Morgan fingerprint density at radius 1 is 1.42 bits per heavy atom. The van der Waals surface area contributed by atoms with Gasteiger partial charge >= 0.3 is 0 Å². The molecule has 1 aliphatic carbocycles. The van der Waals surface area contributed by atoms with E-state index in [9.17, 15) is 0 Å². The second-order valence-electron chi connectivity index (χ2n) is 6.43. The van der Waals surface area contributed by atoms with Crippen LogP contribution in [0.2, 0.25) is 0 Å². The highest BCUT2D eigenvalue weighted by atomic mass is 16.4. The van der Waals surface area contributed by atoms with Crippen LogP contribution in [0.1, 0.15) is 32.4 Å². The molecule has 0 bridgehead atoms. The highest BCUT2D eigenvalue weighted by molar-refractivity contribution is 5.29. The Hall–Kier alpha value is -1.07. The Bertz CT molecular complexity index is 438. The van der Waals surface area contributed by atoms with Gasteiger partial charge in [-0.25, -0.2) is 0 Å². The van der Waals surface area contributed by atoms with E-state index in [2.05, 4.69) is 41.0 Å². The average Bonchev–Trinajstić information content (AvgIpc) is 3.07. The third-order valence-corrected chi connectivity index (χ3v) is 4.28. The van der Waals surface area contributed by atoms with Gasteiger partial charge in [0.05, 0.1) is 5.69 Å². The molecule has 5 nitrogen and oxygen atoms in total. The van der Waals surface area contributed by atoms with Crippen LogP contribution < -0.4 is 10.2 Å². The first-order valence-electron chi connectivity index (χ1n) is 7.18. The Morgan fingerprint density at radius 3 is 2.89 bits per heavy atom. The van der Waals surface area contributed by atoms with E-state index < -0.39 is 0 Å². The fourth-order valence-corrected chi connectivity index (χ4v) is 2.46. The summed E-state index contributed by atoms with van der Waals surface area (Å²) in [6.07, 6.45) is 4.39. The fourth-order valence-electron chi connectivity index (χ4n) is 2.46. The smallest absolute Gasteiger partial charge is 0.297 e. The second kappa shape index (κ2) is 4.80. The molecule has 1 aliphatic heterocycles. The summed E-state index contributed by atoms with van der Waals surface area (Å²) < 4.78 is 5.64. The average molecular weight is 264 g/mol. The van der Waals surface area contributed by atoms with Crippen molar-refractivity contribution in [2.24, 2.45) is 0 Å². The molecule has 0 unspecified atom stereocenters. The molecule has 0 radical (unpaired) electrons. The number of likely N-dealkylation sites (N-methyl/N-ethyl adjacent to an activating group) is 1. The molecule has 1 aromatic heterocycles. The maximum absolute atomic E-state index is 5.64. The van der Waals surface area contributed by atoms with E-state index in [1.807, 2.05) is 0 Å². The minimum absolute atomic E-state index is 0.166. The van der Waals surface area contributed by atoms with Crippen molar-refractivity contribution in [3.8, 4) is 0 Å². The van der Waals surface area contributed by atoms with Crippen LogP contribution in [-0.4, -0.2) is 48.1 Å². The van der Waals surface area contributed by atoms with Crippen molar-refractivity contribution in [3.63, 3.8) is 0 Å². The monoisotopic (exact) mass is 264 g/mol. The first-order valence-corrected chi connectivity index (χ1v) is 7.18. The van der Waals surface area contributed by atoms with Crippen LogP contribution in [0.5, 0.6) is 0 Å². The maximum Gasteiger partial charge on any atom is 0.297 e. The Balaban J connectivity index is 1.61. The topological polar surface area (TPSA) is 44.5 Å². The number of nitrogens with one attached hydrogen (secondary N) is 1. The molecule has 2 aliphatic rings. The predicted octanol–water partition coefficient (Wildman–Crippen LogP) is 1.46. The van der Waals surface area contributed by atoms with E-state index in [-0.39, 0.29) is 5.54 Å². The van der Waals surface area contributed by atoms with Gasteiger partial charge in [0.15, 0.2) is 0 Å². The molecule has 1 saturated carbocycles. The summed E-state index contributed by atoms with van der Waals surface area (Å²) in [5, 5.41) is 3.46. The summed E-state index contributed by atoms with van der Waals surface area (Å²) in [6.45, 7) is 8.33. The number of hydrogen-bond donors (Lipinski definition) is 1. The van der Waals surface area contributed by atoms with Gasteiger partial charge < -0.3 is 14.6 Å². The van der Waals surface area contributed by atoms with Crippen LogP contribution in [0.15, 0.2) is 10.7 Å². The van der Waals surface area contributed by atoms with Crippen molar-refractivity contribution in [1.29, 1.82) is 0 Å². The zero-order chi connectivity index (χ0) is 13.5. The molecule has 3 rings (SSSR count). The SMILES string of the molecule is CN1CCN(c2nc(CNC3CC3)co2)CC1(C)C. The zero-order valence-electron chi connectivity index (χ0n) is 12.1. The normalized spacial score (nSPS) is 23.8. The highest BCUT2D eigenvalue weighted by Gasteiger charge is 2.32. The van der Waals surface area contributed by atoms with Crippen LogP contribution in [0, 0.1) is 0 Å². The molecule has 1 N–H and O–H groups in total. The lowest BCUT2D eigenvalue weighted by Gasteiger charge is -2.44. The molecule has 5 heteroatoms. The third-order valence-electron chi connectivity index (χ3n) is 4.28. The molecular formula is C14H24N4O. The molecule has 0 spiro atoms. The summed E-state index contributed by atoms with van der Waals surface area (Å²) in [4.78, 5) is 9.24. The molecule has 19 heavy (non-hydrogen) atoms. The lowest BCUT2D eigenvalue weighted by molar-refractivity contribution is 0.136. The summed E-state index contributed by atoms with van der Waals surface area (Å²) >= 11 is 0. The van der Waals surface area contributed by atoms with Crippen molar-refractivity contribution >= 4 is 6.01 Å². The van der Waals surface area contributed by atoms with Gasteiger partial charge in [0.25, 0.3) is 6.01 Å². The minimum atomic E-state index is 0.166. The van der Waals surface area contributed by atoms with Crippen molar-refractivity contribution < 1.29 is 4.42 Å². The lowest BCUT2D eigenvalue weighted by Crippen LogP contribution is -2.57. The summed E-state index contributed by atoms with van der Waals surface area (Å²) in [6, 6.07) is 1.48. The number of piperazine rings is 1. The van der Waals surface area contributed by atoms with Crippen LogP contribution in [0.25, 0.3) is 0 Å². The van der Waals surface area contributed by atoms with E-state index in [1.54, 1.807) is 6.26 Å². The van der Waals surface area contributed by atoms with Gasteiger partial charge in [-0.2, -0.15) is 4.98 Å². The highest BCUT2D eigenvalue weighted by Crippen LogP contribution is 2.24. The summed E-state index contributed by atoms with van der Waals surface area (Å²) in [5.41, 5.74) is 1.18. The Labute approximate surface area is 115 Å². The Morgan fingerprint density at radius 2 is 2.21 bits per heavy atom. The van der Waals surface area contributed by atoms with Crippen LogP contribution in [0.4, 0.5) is 6.01 Å². The first-order chi connectivity index (χ1) is 9.04. The van der Waals surface area contributed by atoms with Crippen molar-refractivity contribution in [2.45, 2.75) is 44.8 Å². The van der Waals surface area contributed by atoms with Gasteiger partial charge in [0, 0.05) is 37.8 Å². The van der Waals surface area contributed by atoms with Crippen molar-refractivity contribution in [2.75, 3.05) is 31.6 Å². The number of rotatable bonds is 4. The van der Waals surface area contributed by atoms with Crippen LogP contribution >= 0.6 is 0 Å². The molecule has 1 saturated heterocycles. The summed E-state index contributed by atoms with van der Waals surface area (Å²) in [5.74, 6) is 0. The van der Waals surface area contributed by atoms with Gasteiger partial charge in [-0.15, -0.1) is 0 Å². The summed E-state index contributed by atoms with van der Waals surface area (Å²) in [7, 11) is 2.18. The lowest BCUT2D eigenvalue weighted by atomic mass is 10.0. The van der Waals surface area contributed by atoms with E-state index in [0.29, 0.717) is 6.04 Å². The van der Waals surface area contributed by atoms with Crippen molar-refractivity contribution in [3.05, 3.63) is 12.0 Å². The zero-order valence-corrected chi connectivity index (χ0v) is 12.1. The minimum Gasteiger partial charge on any atom is -0.432 e. The molecular weight excluding hydrogens is 240 g/mol. The van der Waals surface area contributed by atoms with E-state index in [4.69, 9.17) is 4.42 Å². The van der Waals surface area contributed by atoms with E-state index >= 15 is 0 Å². The molecule has 1 aromatic rings. The van der Waals surface area contributed by atoms with Gasteiger partial charge in [-0.05, 0) is 33.7 Å². The number of aromatic nitrogens is 1.